The Morgan fingerprint density at radius 2 is 1.33 bits per heavy atom. The number of phenols is 1. The molecule has 1 aromatic heterocycles. The van der Waals surface area contributed by atoms with Crippen molar-refractivity contribution in [1.82, 2.24) is 45.9 Å². The van der Waals surface area contributed by atoms with E-state index in [2.05, 4.69) is 81.6 Å². The lowest BCUT2D eigenvalue weighted by molar-refractivity contribution is -0.149. The second-order valence-corrected chi connectivity index (χ2v) is 35.6. The Bertz CT molecular complexity index is 4530. The summed E-state index contributed by atoms with van der Waals surface area (Å²) >= 11 is 7.69. The molecule has 37 heteroatoms. The van der Waals surface area contributed by atoms with Crippen molar-refractivity contribution in [3.8, 4) is 28.7 Å². The summed E-state index contributed by atoms with van der Waals surface area (Å²) in [5.74, 6) is -4.71. The summed E-state index contributed by atoms with van der Waals surface area (Å²) in [4.78, 5) is 164. The number of carbonyl (C=O) groups excluding carboxylic acids is 10. The van der Waals surface area contributed by atoms with Crippen LogP contribution in [0.2, 0.25) is 0 Å². The quantitative estimate of drug-likeness (QED) is 0.00711. The molecule has 0 spiro atoms. The van der Waals surface area contributed by atoms with E-state index in [0.29, 0.717) is 121 Å². The number of carboxylic acids is 1. The summed E-state index contributed by atoms with van der Waals surface area (Å²) in [6, 6.07) is 8.35. The Morgan fingerprint density at radius 3 is 1.95 bits per heavy atom. The maximum absolute atomic E-state index is 14.4. The first kappa shape index (κ1) is 100. The van der Waals surface area contributed by atoms with Gasteiger partial charge in [0.15, 0.2) is 29.1 Å². The minimum Gasteiger partial charge on any atom is -0.506 e. The third kappa shape index (κ3) is 28.2. The Labute approximate surface area is 756 Å². The summed E-state index contributed by atoms with van der Waals surface area (Å²) in [7, 11) is 6.61. The molecule has 11 atom stereocenters. The number of likely N-dealkylation sites (tertiary alicyclic amines) is 1. The first-order valence-electron chi connectivity index (χ1n) is 43.0. The summed E-state index contributed by atoms with van der Waals surface area (Å²) in [5.41, 5.74) is 4.14. The van der Waals surface area contributed by atoms with E-state index in [9.17, 15) is 63.0 Å². The number of aliphatic imine (C=N–C) groups is 1. The van der Waals surface area contributed by atoms with E-state index in [1.54, 1.807) is 63.2 Å². The maximum atomic E-state index is 14.4. The van der Waals surface area contributed by atoms with E-state index in [-0.39, 0.29) is 181 Å². The number of esters is 1. The molecule has 7 N–H and O–H groups in total. The molecule has 9 rings (SSSR count). The number of aromatic hydroxyl groups is 1. The zero-order chi connectivity index (χ0) is 91.4. The molecule has 0 bridgehead atoms. The summed E-state index contributed by atoms with van der Waals surface area (Å²) in [6.45, 7) is 22.3. The van der Waals surface area contributed by atoms with Crippen molar-refractivity contribution in [1.29, 1.82) is 0 Å². The number of carbonyl (C=O) groups is 11. The topological polar surface area (TPSA) is 413 Å². The lowest BCUT2D eigenvalue weighted by Gasteiger charge is -2.38. The van der Waals surface area contributed by atoms with Crippen LogP contribution in [0.3, 0.4) is 0 Å². The van der Waals surface area contributed by atoms with Crippen LogP contribution in [0.1, 0.15) is 173 Å². The molecule has 0 saturated carbocycles. The Balaban J connectivity index is 0.633. The van der Waals surface area contributed by atoms with Gasteiger partial charge in [0.05, 0.1) is 145 Å². The molecule has 3 fully saturated rings. The van der Waals surface area contributed by atoms with Gasteiger partial charge in [0.1, 0.15) is 32.1 Å². The molecule has 0 radical (unpaired) electrons. The largest absolute Gasteiger partial charge is 0.506 e. The number of aromatic nitrogens is 1. The van der Waals surface area contributed by atoms with E-state index in [1.165, 1.54) is 45.6 Å². The number of fused-ring (bicyclic) bond motifs is 4. The van der Waals surface area contributed by atoms with Crippen molar-refractivity contribution in [3.63, 3.8) is 0 Å². The highest BCUT2D eigenvalue weighted by Gasteiger charge is 2.43. The highest BCUT2D eigenvalue weighted by atomic mass is 79.9. The van der Waals surface area contributed by atoms with Crippen molar-refractivity contribution < 1.29 is 106 Å². The van der Waals surface area contributed by atoms with Crippen LogP contribution in [0.15, 0.2) is 77.1 Å². The van der Waals surface area contributed by atoms with Gasteiger partial charge in [-0.1, -0.05) is 110 Å². The van der Waals surface area contributed by atoms with Gasteiger partial charge in [-0.25, -0.2) is 4.98 Å². The average molecular weight is 1900 g/mol. The van der Waals surface area contributed by atoms with Crippen molar-refractivity contribution in [2.75, 3.05) is 144 Å². The van der Waals surface area contributed by atoms with Crippen LogP contribution in [0.5, 0.6) is 28.7 Å². The van der Waals surface area contributed by atoms with Crippen LogP contribution < -0.4 is 50.4 Å². The summed E-state index contributed by atoms with van der Waals surface area (Å²) in [6.07, 6.45) is 7.43. The molecule has 4 aromatic rings. The number of ether oxygens (including phenoxy) is 9. The number of amides is 9. The Hall–Kier alpha value is -9.63. The molecule has 3 aromatic carbocycles. The number of nitrogens with one attached hydrogen (secondary N) is 5. The molecule has 6 heterocycles. The molecule has 5 aliphatic heterocycles. The van der Waals surface area contributed by atoms with Gasteiger partial charge in [-0.05, 0) is 113 Å². The normalized spacial score (nSPS) is 18.1. The fraction of sp³-hybridized carbons (Fsp3) is 0.584. The Kier molecular flexibility index (Phi) is 39.0. The number of benzene rings is 3. The predicted octanol–water partition coefficient (Wildman–Crippen LogP) is 9.29. The fourth-order valence-electron chi connectivity index (χ4n) is 15.6. The standard InChI is InChI=1S/C89H122Br2N12O22S/c1-13-55(6)80(98-82(109)67-19-15-16-26-99(67)9)88(114)100(10)68(52(2)3)45-75(125-57(8)104)85-97-66(51-126-85)81(108)95-59(39-56(7)89(115)116)40-58-20-21-70(105)65(41-58)96-76(106)22-29-119-33-35-121-31-24-92-83(110)78(90)79(91)84(111)93-25-32-122-36-34-120-30-23-77(107)103-50-61-38-54(5)49-102(61)87(113)63-43-72(118-12)74(46-69(63)103)124-28-18-14-17-27-123-73-44-64-62(42-71(73)117-11)86(112)101-48-53(4)37-60(101)47-94-64/h20-21,41-44,46-47,51-52,55-56,59-61,67-68,75,78-80,105H,4-5,13-19,22-40,45,48-50H2,1-3,6-12H3,(H,92,110)(H,93,111)(H,95,108)(H,96,106)(H,98,109)(H,115,116)/t55-,56?,59+,60-,61-,67+,68+,75+,78?,79?,80-/m0/s1. The number of piperidine rings is 1. The maximum Gasteiger partial charge on any atom is 0.306 e. The van der Waals surface area contributed by atoms with Gasteiger partial charge >= 0.3 is 11.9 Å². The van der Waals surface area contributed by atoms with Crippen LogP contribution in [-0.4, -0.2) is 286 Å². The summed E-state index contributed by atoms with van der Waals surface area (Å²) in [5, 5.41) is 36.6. The van der Waals surface area contributed by atoms with E-state index in [0.717, 1.165) is 48.3 Å². The number of alkyl halides is 2. The number of halogens is 2. The molecule has 3 saturated heterocycles. The van der Waals surface area contributed by atoms with E-state index >= 15 is 0 Å². The SMILES string of the molecule is C=C1C[C@H]2CN(C(=O)CCOCCOCCNC(=O)C(Br)C(Br)C(=O)NCCOCCOCCC(=O)Nc3cc(C[C@@H](CC(C)C(=O)O)NC(=O)c4csc([C@@H](C[C@H](C(C)C)N(C)C(=O)[C@@H](NC(=O)[C@H]5CCCCN5C)[C@@H](C)CC)OC(C)=O)n4)ccc3O)c3cc(OCCCCCOc4cc5c(cc4OC)C(=O)N4CC(=C)C[C@H]4C=N5)c(OC)cc3C(=O)N2C1. The minimum absolute atomic E-state index is 0.00251. The molecule has 3 unspecified atom stereocenters. The number of aliphatic carboxylic acids is 1. The van der Waals surface area contributed by atoms with Crippen LogP contribution in [0.25, 0.3) is 0 Å². The third-order valence-corrected chi connectivity index (χ3v) is 26.4. The van der Waals surface area contributed by atoms with Gasteiger partial charge in [0, 0.05) is 88.9 Å². The summed E-state index contributed by atoms with van der Waals surface area (Å²) < 4.78 is 52.3. The van der Waals surface area contributed by atoms with Crippen LogP contribution in [-0.2, 0) is 68.5 Å². The number of nitrogens with zero attached hydrogens (tertiary/aromatic N) is 7. The lowest BCUT2D eigenvalue weighted by atomic mass is 9.92. The van der Waals surface area contributed by atoms with Gasteiger partial charge in [0.2, 0.25) is 35.4 Å². The van der Waals surface area contributed by atoms with Crippen LogP contribution >= 0.6 is 43.2 Å². The molecule has 5 aliphatic rings. The number of thiazole rings is 1. The average Bonchev–Trinajstić information content (AvgIpc) is 1.61. The van der Waals surface area contributed by atoms with Crippen LogP contribution in [0.4, 0.5) is 17.1 Å². The van der Waals surface area contributed by atoms with Gasteiger partial charge in [-0.15, -0.1) is 11.3 Å². The number of hydrogen-bond acceptors (Lipinski definition) is 25. The number of carboxylic acid groups (broad SMARTS) is 1. The first-order chi connectivity index (χ1) is 60.3. The number of rotatable bonds is 50. The Morgan fingerprint density at radius 1 is 0.722 bits per heavy atom. The van der Waals surface area contributed by atoms with Crippen molar-refractivity contribution in [2.45, 2.75) is 183 Å². The highest BCUT2D eigenvalue weighted by Crippen LogP contribution is 2.43. The van der Waals surface area contributed by atoms with Gasteiger partial charge in [-0.2, -0.15) is 0 Å². The molecular formula is C89H122Br2N12O22S. The lowest BCUT2D eigenvalue weighted by Crippen LogP contribution is -2.58. The number of hydrogen-bond donors (Lipinski definition) is 7. The predicted molar refractivity (Wildman–Crippen MR) is 480 cm³/mol. The zero-order valence-electron chi connectivity index (χ0n) is 73.6. The monoisotopic (exact) mass is 1900 g/mol. The molecule has 690 valence electrons. The van der Waals surface area contributed by atoms with E-state index in [1.807, 2.05) is 39.6 Å². The van der Waals surface area contributed by atoms with Gasteiger partial charge in [0.25, 0.3) is 17.7 Å². The van der Waals surface area contributed by atoms with E-state index in [4.69, 9.17) is 42.6 Å². The van der Waals surface area contributed by atoms with Crippen molar-refractivity contribution >= 4 is 132 Å². The molecule has 34 nitrogen and oxygen atoms in total. The minimum atomic E-state index is -1.09. The number of phenolic OH excluding ortho intramolecular Hbond substituents is 1. The van der Waals surface area contributed by atoms with Crippen molar-refractivity contribution in [2.24, 2.45) is 22.7 Å². The smallest absolute Gasteiger partial charge is 0.306 e. The fourth-order valence-corrected chi connectivity index (χ4v) is 17.3. The van der Waals surface area contributed by atoms with E-state index < -0.39 is 75.4 Å². The van der Waals surface area contributed by atoms with Crippen LogP contribution in [0, 0.1) is 17.8 Å². The first-order valence-corrected chi connectivity index (χ1v) is 45.7. The number of likely N-dealkylation sites (N-methyl/N-ethyl adjacent to an activating group) is 2. The highest BCUT2D eigenvalue weighted by molar-refractivity contribution is 9.12. The number of methoxy groups -OCH3 is 2. The van der Waals surface area contributed by atoms with Gasteiger partial charge in [-0.3, -0.25) is 62.6 Å². The second kappa shape index (κ2) is 49.1. The third-order valence-electron chi connectivity index (χ3n) is 22.9. The molecule has 9 amide bonds. The van der Waals surface area contributed by atoms with Gasteiger partial charge < -0.3 is 99.0 Å². The molecule has 126 heavy (non-hydrogen) atoms. The second-order valence-electron chi connectivity index (χ2n) is 32.7. The molecular weight excluding hydrogens is 1780 g/mol. The molecule has 0 aliphatic carbocycles. The van der Waals surface area contributed by atoms with Crippen molar-refractivity contribution in [3.05, 3.63) is 99.5 Å². The number of unbranched alkanes of at least 4 members (excludes halogenated alkanes) is 2. The number of anilines is 2. The zero-order valence-corrected chi connectivity index (χ0v) is 77.6.